The molecule has 1 aromatic carbocycles. The van der Waals surface area contributed by atoms with Gasteiger partial charge in [0.1, 0.15) is 0 Å². The summed E-state index contributed by atoms with van der Waals surface area (Å²) in [5, 5.41) is 9.03. The zero-order valence-corrected chi connectivity index (χ0v) is 10.8. The van der Waals surface area contributed by atoms with E-state index >= 15 is 0 Å². The number of terminal acetylenes is 1. The Labute approximate surface area is 110 Å². The Morgan fingerprint density at radius 1 is 1.17 bits per heavy atom. The van der Waals surface area contributed by atoms with Crippen LogP contribution in [0, 0.1) is 12.3 Å². The first kappa shape index (κ1) is 13.1. The van der Waals surface area contributed by atoms with Gasteiger partial charge < -0.3 is 5.11 Å². The van der Waals surface area contributed by atoms with Gasteiger partial charge in [0, 0.05) is 12.6 Å². The van der Waals surface area contributed by atoms with Crippen LogP contribution < -0.4 is 0 Å². The maximum atomic E-state index is 9.03. The Kier molecular flexibility index (Phi) is 4.81. The molecule has 0 bridgehead atoms. The van der Waals surface area contributed by atoms with Crippen LogP contribution in [0.25, 0.3) is 0 Å². The van der Waals surface area contributed by atoms with E-state index in [1.807, 2.05) is 12.1 Å². The van der Waals surface area contributed by atoms with Gasteiger partial charge in [-0.2, -0.15) is 0 Å². The lowest BCUT2D eigenvalue weighted by molar-refractivity contribution is 0.215. The molecule has 1 aliphatic rings. The van der Waals surface area contributed by atoms with E-state index < -0.39 is 0 Å². The molecule has 1 aromatic rings. The van der Waals surface area contributed by atoms with Crippen molar-refractivity contribution in [2.45, 2.75) is 44.9 Å². The van der Waals surface area contributed by atoms with Crippen LogP contribution in [0.2, 0.25) is 0 Å². The van der Waals surface area contributed by atoms with Gasteiger partial charge in [-0.25, -0.2) is 0 Å². The van der Waals surface area contributed by atoms with Crippen LogP contribution in [-0.2, 0) is 13.2 Å². The molecule has 2 rings (SSSR count). The fourth-order valence-corrected chi connectivity index (χ4v) is 2.69. The SMILES string of the molecule is C#CCN(Cc1ccc(CO)cc1)C1CCCC1. The van der Waals surface area contributed by atoms with Crippen molar-refractivity contribution in [2.24, 2.45) is 0 Å². The third kappa shape index (κ3) is 3.35. The Balaban J connectivity index is 2.00. The van der Waals surface area contributed by atoms with Gasteiger partial charge in [0.15, 0.2) is 0 Å². The zero-order valence-electron chi connectivity index (χ0n) is 10.8. The van der Waals surface area contributed by atoms with Crippen molar-refractivity contribution in [3.05, 3.63) is 35.4 Å². The molecular formula is C16H21NO. The van der Waals surface area contributed by atoms with Gasteiger partial charge in [0.25, 0.3) is 0 Å². The number of rotatable bonds is 5. The average Bonchev–Trinajstić information content (AvgIpc) is 2.93. The van der Waals surface area contributed by atoms with Crippen molar-refractivity contribution >= 4 is 0 Å². The molecule has 2 nitrogen and oxygen atoms in total. The molecule has 1 fully saturated rings. The lowest BCUT2D eigenvalue weighted by Gasteiger charge is -2.26. The Bertz CT molecular complexity index is 398. The minimum absolute atomic E-state index is 0.108. The summed E-state index contributed by atoms with van der Waals surface area (Å²) in [6, 6.07) is 8.79. The minimum atomic E-state index is 0.108. The summed E-state index contributed by atoms with van der Waals surface area (Å²) in [7, 11) is 0. The van der Waals surface area contributed by atoms with Crippen molar-refractivity contribution < 1.29 is 5.11 Å². The third-order valence-corrected chi connectivity index (χ3v) is 3.73. The highest BCUT2D eigenvalue weighted by Crippen LogP contribution is 2.24. The van der Waals surface area contributed by atoms with Crippen LogP contribution in [0.1, 0.15) is 36.8 Å². The van der Waals surface area contributed by atoms with Crippen LogP contribution in [0.4, 0.5) is 0 Å². The van der Waals surface area contributed by atoms with Crippen molar-refractivity contribution in [1.82, 2.24) is 4.90 Å². The second kappa shape index (κ2) is 6.58. The van der Waals surface area contributed by atoms with E-state index in [2.05, 4.69) is 23.0 Å². The van der Waals surface area contributed by atoms with E-state index in [9.17, 15) is 0 Å². The standard InChI is InChI=1S/C16H21NO/c1-2-11-17(16-5-3-4-6-16)12-14-7-9-15(13-18)10-8-14/h1,7-10,16,18H,3-6,11-13H2. The molecule has 0 spiro atoms. The maximum Gasteiger partial charge on any atom is 0.0681 e. The first-order valence-electron chi connectivity index (χ1n) is 6.69. The number of benzene rings is 1. The largest absolute Gasteiger partial charge is 0.392 e. The topological polar surface area (TPSA) is 23.5 Å². The monoisotopic (exact) mass is 243 g/mol. The molecule has 96 valence electrons. The van der Waals surface area contributed by atoms with E-state index in [1.165, 1.54) is 31.2 Å². The van der Waals surface area contributed by atoms with Crippen LogP contribution in [0.3, 0.4) is 0 Å². The molecule has 0 unspecified atom stereocenters. The van der Waals surface area contributed by atoms with E-state index in [1.54, 1.807) is 0 Å². The van der Waals surface area contributed by atoms with Crippen molar-refractivity contribution in [3.63, 3.8) is 0 Å². The number of nitrogens with zero attached hydrogens (tertiary/aromatic N) is 1. The zero-order chi connectivity index (χ0) is 12.8. The highest BCUT2D eigenvalue weighted by Gasteiger charge is 2.21. The van der Waals surface area contributed by atoms with Gasteiger partial charge in [-0.1, -0.05) is 43.0 Å². The quantitative estimate of drug-likeness (QED) is 0.803. The van der Waals surface area contributed by atoms with Gasteiger partial charge in [-0.3, -0.25) is 4.90 Å². The normalized spacial score (nSPS) is 16.1. The van der Waals surface area contributed by atoms with Gasteiger partial charge >= 0.3 is 0 Å². The van der Waals surface area contributed by atoms with E-state index in [0.717, 1.165) is 18.7 Å². The Morgan fingerprint density at radius 2 is 1.78 bits per heavy atom. The van der Waals surface area contributed by atoms with Gasteiger partial charge in [0.2, 0.25) is 0 Å². The summed E-state index contributed by atoms with van der Waals surface area (Å²) in [6.07, 6.45) is 10.7. The highest BCUT2D eigenvalue weighted by atomic mass is 16.3. The molecule has 0 heterocycles. The van der Waals surface area contributed by atoms with Crippen LogP contribution >= 0.6 is 0 Å². The van der Waals surface area contributed by atoms with Crippen molar-refractivity contribution in [2.75, 3.05) is 6.54 Å². The molecule has 0 amide bonds. The lowest BCUT2D eigenvalue weighted by atomic mass is 10.1. The summed E-state index contributed by atoms with van der Waals surface area (Å²) in [5.41, 5.74) is 2.23. The van der Waals surface area contributed by atoms with Crippen LogP contribution in [0.5, 0.6) is 0 Å². The number of aliphatic hydroxyl groups is 1. The van der Waals surface area contributed by atoms with E-state index in [-0.39, 0.29) is 6.61 Å². The predicted octanol–water partition coefficient (Wildman–Crippen LogP) is 2.56. The minimum Gasteiger partial charge on any atom is -0.392 e. The molecule has 1 N–H and O–H groups in total. The fourth-order valence-electron chi connectivity index (χ4n) is 2.69. The van der Waals surface area contributed by atoms with Crippen molar-refractivity contribution in [3.8, 4) is 12.3 Å². The smallest absolute Gasteiger partial charge is 0.0681 e. The summed E-state index contributed by atoms with van der Waals surface area (Å²) in [4.78, 5) is 2.40. The second-order valence-electron chi connectivity index (χ2n) is 5.02. The lowest BCUT2D eigenvalue weighted by Crippen LogP contribution is -2.33. The summed E-state index contributed by atoms with van der Waals surface area (Å²) < 4.78 is 0. The predicted molar refractivity (Wildman–Crippen MR) is 73.9 cm³/mol. The first-order chi connectivity index (χ1) is 8.83. The van der Waals surface area contributed by atoms with E-state index in [0.29, 0.717) is 6.04 Å². The number of aliphatic hydroxyl groups excluding tert-OH is 1. The molecule has 0 radical (unpaired) electrons. The number of hydrogen-bond donors (Lipinski definition) is 1. The second-order valence-corrected chi connectivity index (χ2v) is 5.02. The van der Waals surface area contributed by atoms with Gasteiger partial charge in [0.05, 0.1) is 13.2 Å². The Hall–Kier alpha value is -1.30. The van der Waals surface area contributed by atoms with Crippen LogP contribution in [0.15, 0.2) is 24.3 Å². The fraction of sp³-hybridized carbons (Fsp3) is 0.500. The average molecular weight is 243 g/mol. The maximum absolute atomic E-state index is 9.03. The molecule has 1 saturated carbocycles. The Morgan fingerprint density at radius 3 is 2.33 bits per heavy atom. The highest BCUT2D eigenvalue weighted by molar-refractivity contribution is 5.22. The van der Waals surface area contributed by atoms with E-state index in [4.69, 9.17) is 11.5 Å². The third-order valence-electron chi connectivity index (χ3n) is 3.73. The van der Waals surface area contributed by atoms with Crippen LogP contribution in [-0.4, -0.2) is 22.6 Å². The first-order valence-corrected chi connectivity index (χ1v) is 6.69. The molecule has 0 aromatic heterocycles. The van der Waals surface area contributed by atoms with Gasteiger partial charge in [-0.15, -0.1) is 6.42 Å². The molecule has 1 aliphatic carbocycles. The van der Waals surface area contributed by atoms with Crippen molar-refractivity contribution in [1.29, 1.82) is 0 Å². The molecule has 2 heteroatoms. The van der Waals surface area contributed by atoms with Gasteiger partial charge in [-0.05, 0) is 24.0 Å². The molecule has 18 heavy (non-hydrogen) atoms. The number of hydrogen-bond acceptors (Lipinski definition) is 2. The molecule has 0 aliphatic heterocycles. The molecular weight excluding hydrogens is 222 g/mol. The molecule has 0 saturated heterocycles. The summed E-state index contributed by atoms with van der Waals surface area (Å²) >= 11 is 0. The summed E-state index contributed by atoms with van der Waals surface area (Å²) in [6.45, 7) is 1.75. The summed E-state index contributed by atoms with van der Waals surface area (Å²) in [5.74, 6) is 2.77. The molecule has 0 atom stereocenters.